The summed E-state index contributed by atoms with van der Waals surface area (Å²) in [6.07, 6.45) is 6.39. The second-order valence-electron chi connectivity index (χ2n) is 6.54. The summed E-state index contributed by atoms with van der Waals surface area (Å²) < 4.78 is 5.57. The first-order chi connectivity index (χ1) is 11.8. The molecular formula is C20H23N3O. The molecule has 3 aromatic rings. The Kier molecular flexibility index (Phi) is 4.11. The number of nitrogens with zero attached hydrogens (tertiary/aromatic N) is 2. The molecule has 0 spiro atoms. The van der Waals surface area contributed by atoms with Crippen molar-refractivity contribution in [1.82, 2.24) is 10.2 Å². The van der Waals surface area contributed by atoms with Gasteiger partial charge in [0.15, 0.2) is 5.82 Å². The molecule has 1 aliphatic rings. The minimum atomic E-state index is 0.454. The van der Waals surface area contributed by atoms with Crippen molar-refractivity contribution in [3.05, 3.63) is 60.1 Å². The monoisotopic (exact) mass is 321 g/mol. The number of aromatic amines is 1. The quantitative estimate of drug-likeness (QED) is 0.765. The number of benzene rings is 1. The molecule has 1 saturated heterocycles. The van der Waals surface area contributed by atoms with Crippen molar-refractivity contribution in [2.24, 2.45) is 0 Å². The van der Waals surface area contributed by atoms with Gasteiger partial charge < -0.3 is 9.32 Å². The molecule has 4 nitrogen and oxygen atoms in total. The van der Waals surface area contributed by atoms with Gasteiger partial charge in [-0.25, -0.2) is 0 Å². The normalized spacial score (nSPS) is 18.0. The van der Waals surface area contributed by atoms with Gasteiger partial charge in [0, 0.05) is 24.6 Å². The van der Waals surface area contributed by atoms with Crippen molar-refractivity contribution >= 4 is 5.82 Å². The van der Waals surface area contributed by atoms with Crippen LogP contribution in [0.15, 0.2) is 53.1 Å². The topological polar surface area (TPSA) is 45.1 Å². The van der Waals surface area contributed by atoms with Gasteiger partial charge in [0.1, 0.15) is 5.76 Å². The fraction of sp³-hybridized carbons (Fsp3) is 0.350. The third-order valence-electron chi connectivity index (χ3n) is 4.96. The molecule has 4 rings (SSSR count). The molecule has 24 heavy (non-hydrogen) atoms. The fourth-order valence-corrected chi connectivity index (χ4v) is 3.71. The van der Waals surface area contributed by atoms with Gasteiger partial charge in [-0.1, -0.05) is 30.3 Å². The molecule has 1 aliphatic heterocycles. The standard InChI is InChI=1S/C20H23N3O/c1-15-19(16-8-3-2-4-9-16)21-22-20(15)23-12-6-5-10-17(23)14-18-11-7-13-24-18/h2-4,7-9,11,13,17H,5-6,10,12,14H2,1H3,(H,21,22). The molecule has 4 heteroatoms. The Balaban J connectivity index is 1.63. The summed E-state index contributed by atoms with van der Waals surface area (Å²) in [6, 6.07) is 14.9. The first-order valence-corrected chi connectivity index (χ1v) is 8.72. The lowest BCUT2D eigenvalue weighted by molar-refractivity contribution is 0.414. The fourth-order valence-electron chi connectivity index (χ4n) is 3.71. The van der Waals surface area contributed by atoms with E-state index in [0.717, 1.165) is 30.2 Å². The van der Waals surface area contributed by atoms with Crippen LogP contribution in [0.4, 0.5) is 5.82 Å². The lowest BCUT2D eigenvalue weighted by atomic mass is 9.97. The van der Waals surface area contributed by atoms with Gasteiger partial charge in [-0.15, -0.1) is 0 Å². The molecule has 0 radical (unpaired) electrons. The number of hydrogen-bond donors (Lipinski definition) is 1. The van der Waals surface area contributed by atoms with Crippen molar-refractivity contribution in [2.75, 3.05) is 11.4 Å². The van der Waals surface area contributed by atoms with Crippen LogP contribution in [0.25, 0.3) is 11.3 Å². The van der Waals surface area contributed by atoms with Gasteiger partial charge >= 0.3 is 0 Å². The van der Waals surface area contributed by atoms with Crippen molar-refractivity contribution < 1.29 is 4.42 Å². The van der Waals surface area contributed by atoms with E-state index in [1.807, 2.05) is 12.1 Å². The number of furan rings is 1. The molecule has 0 aliphatic carbocycles. The Morgan fingerprint density at radius 1 is 1.17 bits per heavy atom. The van der Waals surface area contributed by atoms with Crippen LogP contribution in [0.5, 0.6) is 0 Å². The van der Waals surface area contributed by atoms with E-state index in [1.54, 1.807) is 6.26 Å². The van der Waals surface area contributed by atoms with E-state index in [9.17, 15) is 0 Å². The Labute approximate surface area is 142 Å². The highest BCUT2D eigenvalue weighted by Crippen LogP contribution is 2.32. The van der Waals surface area contributed by atoms with Crippen molar-refractivity contribution in [3.8, 4) is 11.3 Å². The first kappa shape index (κ1) is 15.1. The van der Waals surface area contributed by atoms with E-state index in [2.05, 4.69) is 52.4 Å². The number of H-pyrrole nitrogens is 1. The zero-order valence-corrected chi connectivity index (χ0v) is 14.0. The minimum Gasteiger partial charge on any atom is -0.469 e. The number of nitrogens with one attached hydrogen (secondary N) is 1. The summed E-state index contributed by atoms with van der Waals surface area (Å²) in [4.78, 5) is 2.46. The van der Waals surface area contributed by atoms with Crippen LogP contribution in [0.1, 0.15) is 30.6 Å². The van der Waals surface area contributed by atoms with E-state index in [-0.39, 0.29) is 0 Å². The lowest BCUT2D eigenvalue weighted by Crippen LogP contribution is -2.41. The van der Waals surface area contributed by atoms with Crippen LogP contribution in [0.2, 0.25) is 0 Å². The Hall–Kier alpha value is -2.49. The minimum absolute atomic E-state index is 0.454. The van der Waals surface area contributed by atoms with Crippen LogP contribution < -0.4 is 4.90 Å². The first-order valence-electron chi connectivity index (χ1n) is 8.72. The van der Waals surface area contributed by atoms with Crippen LogP contribution in [-0.4, -0.2) is 22.8 Å². The molecule has 1 fully saturated rings. The summed E-state index contributed by atoms with van der Waals surface area (Å²) in [7, 11) is 0. The van der Waals surface area contributed by atoms with E-state index in [1.165, 1.54) is 30.4 Å². The van der Waals surface area contributed by atoms with Crippen LogP contribution in [0.3, 0.4) is 0 Å². The lowest BCUT2D eigenvalue weighted by Gasteiger charge is -2.36. The van der Waals surface area contributed by atoms with E-state index < -0.39 is 0 Å². The van der Waals surface area contributed by atoms with Crippen molar-refractivity contribution in [1.29, 1.82) is 0 Å². The molecule has 1 atom stereocenters. The SMILES string of the molecule is Cc1c(N2CCCCC2Cc2ccco2)n[nH]c1-c1ccccc1. The van der Waals surface area contributed by atoms with Gasteiger partial charge in [0.2, 0.25) is 0 Å². The van der Waals surface area contributed by atoms with Crippen molar-refractivity contribution in [2.45, 2.75) is 38.6 Å². The third kappa shape index (κ3) is 2.84. The smallest absolute Gasteiger partial charge is 0.154 e. The molecule has 3 heterocycles. The number of aromatic nitrogens is 2. The van der Waals surface area contributed by atoms with Crippen molar-refractivity contribution in [3.63, 3.8) is 0 Å². The van der Waals surface area contributed by atoms with Gasteiger partial charge in [0.05, 0.1) is 12.0 Å². The second-order valence-corrected chi connectivity index (χ2v) is 6.54. The van der Waals surface area contributed by atoms with E-state index >= 15 is 0 Å². The molecule has 1 aromatic carbocycles. The molecule has 0 amide bonds. The Bertz CT molecular complexity index is 777. The highest BCUT2D eigenvalue weighted by Gasteiger charge is 2.27. The number of piperidine rings is 1. The molecule has 1 N–H and O–H groups in total. The average molecular weight is 321 g/mol. The maximum Gasteiger partial charge on any atom is 0.154 e. The predicted molar refractivity (Wildman–Crippen MR) is 96.2 cm³/mol. The Morgan fingerprint density at radius 2 is 2.04 bits per heavy atom. The maximum absolute atomic E-state index is 5.57. The Morgan fingerprint density at radius 3 is 2.83 bits per heavy atom. The van der Waals surface area contributed by atoms with E-state index in [0.29, 0.717) is 6.04 Å². The van der Waals surface area contributed by atoms with Gasteiger partial charge in [-0.2, -0.15) is 5.10 Å². The van der Waals surface area contributed by atoms with Gasteiger partial charge in [-0.3, -0.25) is 5.10 Å². The zero-order valence-electron chi connectivity index (χ0n) is 14.0. The highest BCUT2D eigenvalue weighted by molar-refractivity contribution is 5.69. The van der Waals surface area contributed by atoms with Gasteiger partial charge in [0.25, 0.3) is 0 Å². The number of hydrogen-bond acceptors (Lipinski definition) is 3. The van der Waals surface area contributed by atoms with Crippen LogP contribution in [-0.2, 0) is 6.42 Å². The zero-order chi connectivity index (χ0) is 16.4. The van der Waals surface area contributed by atoms with Crippen LogP contribution >= 0.6 is 0 Å². The number of anilines is 1. The summed E-state index contributed by atoms with van der Waals surface area (Å²) in [5, 5.41) is 7.92. The summed E-state index contributed by atoms with van der Waals surface area (Å²) >= 11 is 0. The molecule has 0 bridgehead atoms. The molecular weight excluding hydrogens is 298 g/mol. The third-order valence-corrected chi connectivity index (χ3v) is 4.96. The van der Waals surface area contributed by atoms with E-state index in [4.69, 9.17) is 4.42 Å². The molecule has 124 valence electrons. The van der Waals surface area contributed by atoms with Gasteiger partial charge in [-0.05, 0) is 43.9 Å². The molecule has 1 unspecified atom stereocenters. The summed E-state index contributed by atoms with van der Waals surface area (Å²) in [6.45, 7) is 3.23. The predicted octanol–water partition coefficient (Wildman–Crippen LogP) is 4.58. The second kappa shape index (κ2) is 6.56. The molecule has 2 aromatic heterocycles. The average Bonchev–Trinajstić information content (AvgIpc) is 3.26. The highest BCUT2D eigenvalue weighted by atomic mass is 16.3. The molecule has 0 saturated carbocycles. The number of rotatable bonds is 4. The summed E-state index contributed by atoms with van der Waals surface area (Å²) in [5.74, 6) is 2.15. The largest absolute Gasteiger partial charge is 0.469 e. The van der Waals surface area contributed by atoms with Crippen LogP contribution in [0, 0.1) is 6.92 Å². The maximum atomic E-state index is 5.57. The summed E-state index contributed by atoms with van der Waals surface area (Å²) in [5.41, 5.74) is 3.54.